The molecule has 0 radical (unpaired) electrons. The summed E-state index contributed by atoms with van der Waals surface area (Å²) in [5, 5.41) is 11.5. The minimum absolute atomic E-state index is 0.170. The van der Waals surface area contributed by atoms with E-state index >= 15 is 0 Å². The maximum Gasteiger partial charge on any atom is 0.346 e. The number of hydrogen-bond acceptors (Lipinski definition) is 5. The van der Waals surface area contributed by atoms with E-state index in [1.165, 1.54) is 11.8 Å². The molecule has 0 aromatic carbocycles. The Morgan fingerprint density at radius 1 is 1.53 bits per heavy atom. The zero-order valence-corrected chi connectivity index (χ0v) is 11.6. The number of hydrogen-bond donors (Lipinski definition) is 3. The summed E-state index contributed by atoms with van der Waals surface area (Å²) in [6, 6.07) is -0.508. The summed E-state index contributed by atoms with van der Waals surface area (Å²) in [7, 11) is 0. The number of carbonyl (C=O) groups is 2. The lowest BCUT2D eigenvalue weighted by Gasteiger charge is -2.14. The predicted molar refractivity (Wildman–Crippen MR) is 70.6 cm³/mol. The normalized spacial score (nSPS) is 11.9. The number of carboxylic acid groups (broad SMARTS) is 1. The van der Waals surface area contributed by atoms with E-state index in [9.17, 15) is 14.4 Å². The van der Waals surface area contributed by atoms with Crippen molar-refractivity contribution < 1.29 is 14.7 Å². The van der Waals surface area contributed by atoms with Crippen LogP contribution in [0.4, 0.5) is 0 Å². The summed E-state index contributed by atoms with van der Waals surface area (Å²) in [6.07, 6.45) is 1.54. The summed E-state index contributed by atoms with van der Waals surface area (Å²) >= 11 is 1.18. The van der Waals surface area contributed by atoms with Crippen molar-refractivity contribution in [2.24, 2.45) is 0 Å². The van der Waals surface area contributed by atoms with E-state index in [1.54, 1.807) is 20.1 Å². The fourth-order valence-electron chi connectivity index (χ4n) is 1.58. The van der Waals surface area contributed by atoms with Crippen LogP contribution in [0, 0.1) is 6.92 Å². The lowest BCUT2D eigenvalue weighted by Crippen LogP contribution is -2.35. The van der Waals surface area contributed by atoms with Gasteiger partial charge in [-0.25, -0.2) is 4.79 Å². The first-order valence-electron chi connectivity index (χ1n) is 5.52. The molecular weight excluding hydrogens is 270 g/mol. The molecule has 0 saturated heterocycles. The molecule has 19 heavy (non-hydrogen) atoms. The Hall–Kier alpha value is -1.83. The van der Waals surface area contributed by atoms with Gasteiger partial charge in [0.25, 0.3) is 5.91 Å². The van der Waals surface area contributed by atoms with Crippen molar-refractivity contribution in [2.45, 2.75) is 31.3 Å². The van der Waals surface area contributed by atoms with Gasteiger partial charge >= 0.3 is 11.7 Å². The van der Waals surface area contributed by atoms with Crippen LogP contribution >= 0.6 is 11.8 Å². The standard InChI is InChI=1S/C11H15N3O4S/c1-5(4-7(15)16)12-9(17)8-6(2)13-11(18)14-10(8)19-3/h5H,4H2,1-3H3,(H,12,17)(H,15,16)(H,13,14,18). The third-order valence-corrected chi connectivity index (χ3v) is 3.05. The molecule has 1 rings (SSSR count). The minimum Gasteiger partial charge on any atom is -0.481 e. The fourth-order valence-corrected chi connectivity index (χ4v) is 2.21. The zero-order chi connectivity index (χ0) is 14.6. The van der Waals surface area contributed by atoms with Gasteiger partial charge in [-0.3, -0.25) is 9.59 Å². The second kappa shape index (κ2) is 6.37. The topological polar surface area (TPSA) is 112 Å². The van der Waals surface area contributed by atoms with Crippen molar-refractivity contribution in [3.63, 3.8) is 0 Å². The second-order valence-corrected chi connectivity index (χ2v) is 4.82. The molecule has 1 atom stereocenters. The Morgan fingerprint density at radius 3 is 2.68 bits per heavy atom. The van der Waals surface area contributed by atoms with E-state index in [4.69, 9.17) is 5.11 Å². The van der Waals surface area contributed by atoms with Gasteiger partial charge in [-0.15, -0.1) is 11.8 Å². The van der Waals surface area contributed by atoms with Crippen molar-refractivity contribution in [2.75, 3.05) is 6.26 Å². The van der Waals surface area contributed by atoms with Crippen molar-refractivity contribution >= 4 is 23.6 Å². The smallest absolute Gasteiger partial charge is 0.346 e. The Kier molecular flexibility index (Phi) is 5.11. The van der Waals surface area contributed by atoms with Gasteiger partial charge in [0.05, 0.1) is 12.0 Å². The number of aromatic nitrogens is 2. The van der Waals surface area contributed by atoms with Gasteiger partial charge in [0, 0.05) is 11.7 Å². The van der Waals surface area contributed by atoms with Crippen LogP contribution in [0.15, 0.2) is 9.82 Å². The van der Waals surface area contributed by atoms with Gasteiger partial charge in [0.1, 0.15) is 5.03 Å². The van der Waals surface area contributed by atoms with Crippen LogP contribution in [0.3, 0.4) is 0 Å². The molecule has 1 amide bonds. The maximum absolute atomic E-state index is 12.1. The van der Waals surface area contributed by atoms with Crippen molar-refractivity contribution in [1.29, 1.82) is 0 Å². The number of aromatic amines is 1. The van der Waals surface area contributed by atoms with Crippen molar-refractivity contribution in [3.05, 3.63) is 21.7 Å². The highest BCUT2D eigenvalue weighted by atomic mass is 32.2. The summed E-state index contributed by atoms with van der Waals surface area (Å²) in [4.78, 5) is 40.0. The Bertz CT molecular complexity index is 555. The van der Waals surface area contributed by atoms with Crippen LogP contribution in [0.25, 0.3) is 0 Å². The number of aryl methyl sites for hydroxylation is 1. The van der Waals surface area contributed by atoms with E-state index in [0.29, 0.717) is 10.7 Å². The van der Waals surface area contributed by atoms with Crippen LogP contribution in [-0.4, -0.2) is 39.2 Å². The van der Waals surface area contributed by atoms with Gasteiger partial charge in [0.2, 0.25) is 0 Å². The zero-order valence-electron chi connectivity index (χ0n) is 10.8. The molecule has 7 nitrogen and oxygen atoms in total. The molecule has 1 heterocycles. The van der Waals surface area contributed by atoms with Gasteiger partial charge in [-0.05, 0) is 20.1 Å². The molecule has 104 valence electrons. The third kappa shape index (κ3) is 4.09. The molecule has 0 fully saturated rings. The number of carbonyl (C=O) groups excluding carboxylic acids is 1. The van der Waals surface area contributed by atoms with E-state index < -0.39 is 23.6 Å². The third-order valence-electron chi connectivity index (χ3n) is 2.37. The number of H-pyrrole nitrogens is 1. The van der Waals surface area contributed by atoms with Crippen LogP contribution in [0.1, 0.15) is 29.4 Å². The molecule has 3 N–H and O–H groups in total. The first-order valence-corrected chi connectivity index (χ1v) is 6.75. The summed E-state index contributed by atoms with van der Waals surface area (Å²) < 4.78 is 0. The molecule has 0 aliphatic heterocycles. The Labute approximate surface area is 113 Å². The van der Waals surface area contributed by atoms with Crippen LogP contribution in [-0.2, 0) is 4.79 Å². The number of thioether (sulfide) groups is 1. The molecule has 0 bridgehead atoms. The van der Waals surface area contributed by atoms with Crippen molar-refractivity contribution in [3.8, 4) is 0 Å². The maximum atomic E-state index is 12.1. The minimum atomic E-state index is -0.991. The lowest BCUT2D eigenvalue weighted by atomic mass is 10.2. The van der Waals surface area contributed by atoms with Crippen LogP contribution < -0.4 is 11.0 Å². The quantitative estimate of drug-likeness (QED) is 0.533. The second-order valence-electron chi connectivity index (χ2n) is 4.02. The first-order chi connectivity index (χ1) is 8.85. The average Bonchev–Trinajstić information content (AvgIpc) is 2.25. The number of nitrogens with zero attached hydrogens (tertiary/aromatic N) is 1. The van der Waals surface area contributed by atoms with E-state index in [1.807, 2.05) is 0 Å². The number of rotatable bonds is 5. The van der Waals surface area contributed by atoms with Crippen molar-refractivity contribution in [1.82, 2.24) is 15.3 Å². The highest BCUT2D eigenvalue weighted by molar-refractivity contribution is 7.98. The summed E-state index contributed by atoms with van der Waals surface area (Å²) in [5.41, 5.74) is 0.158. The molecular formula is C11H15N3O4S. The molecule has 0 spiro atoms. The number of amides is 1. The van der Waals surface area contributed by atoms with Gasteiger partial charge in [0.15, 0.2) is 0 Å². The molecule has 1 unspecified atom stereocenters. The summed E-state index contributed by atoms with van der Waals surface area (Å²) in [5.74, 6) is -1.44. The fraction of sp³-hybridized carbons (Fsp3) is 0.455. The highest BCUT2D eigenvalue weighted by Gasteiger charge is 2.19. The lowest BCUT2D eigenvalue weighted by molar-refractivity contribution is -0.137. The highest BCUT2D eigenvalue weighted by Crippen LogP contribution is 2.18. The summed E-state index contributed by atoms with van der Waals surface area (Å²) in [6.45, 7) is 3.19. The number of nitrogens with one attached hydrogen (secondary N) is 2. The van der Waals surface area contributed by atoms with E-state index in [-0.39, 0.29) is 12.0 Å². The molecule has 1 aromatic rings. The monoisotopic (exact) mass is 285 g/mol. The van der Waals surface area contributed by atoms with Gasteiger partial charge in [-0.1, -0.05) is 0 Å². The van der Waals surface area contributed by atoms with Gasteiger partial charge in [-0.2, -0.15) is 4.98 Å². The van der Waals surface area contributed by atoms with Crippen LogP contribution in [0.2, 0.25) is 0 Å². The molecule has 0 aliphatic rings. The van der Waals surface area contributed by atoms with E-state index in [2.05, 4.69) is 15.3 Å². The predicted octanol–water partition coefficient (Wildman–Crippen LogP) is 0.393. The Balaban J connectivity index is 2.99. The molecule has 1 aromatic heterocycles. The molecule has 0 aliphatic carbocycles. The van der Waals surface area contributed by atoms with Crippen LogP contribution in [0.5, 0.6) is 0 Å². The Morgan fingerprint density at radius 2 is 2.16 bits per heavy atom. The number of carboxylic acids is 1. The number of aliphatic carboxylic acids is 1. The first kappa shape index (κ1) is 15.2. The van der Waals surface area contributed by atoms with E-state index in [0.717, 1.165) is 0 Å². The van der Waals surface area contributed by atoms with Gasteiger partial charge < -0.3 is 15.4 Å². The SMILES string of the molecule is CSc1nc(=O)[nH]c(C)c1C(=O)NC(C)CC(=O)O. The molecule has 0 saturated carbocycles. The molecule has 8 heteroatoms. The largest absolute Gasteiger partial charge is 0.481 e. The average molecular weight is 285 g/mol.